The molecule has 20 heavy (non-hydrogen) atoms. The molecule has 8 heteroatoms. The summed E-state index contributed by atoms with van der Waals surface area (Å²) in [5, 5.41) is 13.5. The van der Waals surface area contributed by atoms with E-state index >= 15 is 0 Å². The van der Waals surface area contributed by atoms with Crippen LogP contribution in [0, 0.1) is 15.9 Å². The first-order valence-corrected chi connectivity index (χ1v) is 5.96. The highest BCUT2D eigenvalue weighted by atomic mass is 19.4. The maximum atomic E-state index is 12.9. The van der Waals surface area contributed by atoms with E-state index in [9.17, 15) is 27.7 Å². The van der Waals surface area contributed by atoms with Gasteiger partial charge in [0.15, 0.2) is 0 Å². The number of alkyl halides is 3. The van der Waals surface area contributed by atoms with Gasteiger partial charge in [-0.3, -0.25) is 10.1 Å². The quantitative estimate of drug-likeness (QED) is 0.484. The summed E-state index contributed by atoms with van der Waals surface area (Å²) in [4.78, 5) is 10.0. The Labute approximate surface area is 112 Å². The van der Waals surface area contributed by atoms with Crippen molar-refractivity contribution in [2.75, 3.05) is 5.32 Å². The lowest BCUT2D eigenvalue weighted by molar-refractivity contribution is -0.384. The van der Waals surface area contributed by atoms with Gasteiger partial charge in [-0.15, -0.1) is 0 Å². The second-order valence-corrected chi connectivity index (χ2v) is 4.47. The molecule has 0 aliphatic carbocycles. The van der Waals surface area contributed by atoms with Crippen LogP contribution in [0.5, 0.6) is 0 Å². The van der Waals surface area contributed by atoms with E-state index in [2.05, 4.69) is 5.32 Å². The van der Waals surface area contributed by atoms with Crippen LogP contribution < -0.4 is 5.32 Å². The van der Waals surface area contributed by atoms with Crippen molar-refractivity contribution in [1.29, 1.82) is 0 Å². The number of nitro benzene ring substituents is 1. The highest BCUT2D eigenvalue weighted by Gasteiger charge is 2.26. The lowest BCUT2D eigenvalue weighted by atomic mass is 10.1. The van der Waals surface area contributed by atoms with Crippen LogP contribution in [-0.4, -0.2) is 17.1 Å². The van der Waals surface area contributed by atoms with Gasteiger partial charge in [0.25, 0.3) is 5.69 Å². The molecular weight excluding hydrogens is 280 g/mol. The maximum Gasteiger partial charge on any atom is 0.389 e. The number of hydrogen-bond donors (Lipinski definition) is 1. The Morgan fingerprint density at radius 3 is 2.60 bits per heavy atom. The van der Waals surface area contributed by atoms with Crippen LogP contribution in [-0.2, 0) is 0 Å². The van der Waals surface area contributed by atoms with Gasteiger partial charge in [0.05, 0.1) is 11.0 Å². The van der Waals surface area contributed by atoms with E-state index in [1.807, 2.05) is 0 Å². The van der Waals surface area contributed by atoms with E-state index in [0.717, 1.165) is 12.1 Å². The fourth-order valence-electron chi connectivity index (χ4n) is 1.72. The number of nitrogens with one attached hydrogen (secondary N) is 1. The summed E-state index contributed by atoms with van der Waals surface area (Å²) in [6, 6.07) is 2.64. The van der Waals surface area contributed by atoms with Crippen molar-refractivity contribution in [1.82, 2.24) is 0 Å². The predicted molar refractivity (Wildman–Crippen MR) is 66.0 cm³/mol. The average molecular weight is 294 g/mol. The zero-order valence-electron chi connectivity index (χ0n) is 10.7. The van der Waals surface area contributed by atoms with Gasteiger partial charge in [0.2, 0.25) is 0 Å². The van der Waals surface area contributed by atoms with Gasteiger partial charge in [-0.2, -0.15) is 13.2 Å². The Hall–Kier alpha value is -1.86. The molecule has 0 saturated heterocycles. The summed E-state index contributed by atoms with van der Waals surface area (Å²) < 4.78 is 48.9. The van der Waals surface area contributed by atoms with E-state index in [4.69, 9.17) is 0 Å². The third-order valence-electron chi connectivity index (χ3n) is 2.66. The Bertz CT molecular complexity index is 477. The predicted octanol–water partition coefficient (Wildman–Crippen LogP) is 4.27. The first kappa shape index (κ1) is 16.2. The molecule has 0 aromatic heterocycles. The molecule has 1 N–H and O–H groups in total. The van der Waals surface area contributed by atoms with Crippen LogP contribution >= 0.6 is 0 Å². The minimum Gasteiger partial charge on any atom is -0.377 e. The molecule has 0 radical (unpaired) electrons. The summed E-state index contributed by atoms with van der Waals surface area (Å²) in [5.41, 5.74) is -0.344. The van der Waals surface area contributed by atoms with Crippen molar-refractivity contribution in [3.63, 3.8) is 0 Å². The summed E-state index contributed by atoms with van der Waals surface area (Å²) >= 11 is 0. The molecule has 0 amide bonds. The molecule has 1 aromatic carbocycles. The van der Waals surface area contributed by atoms with Crippen molar-refractivity contribution in [3.8, 4) is 0 Å². The smallest absolute Gasteiger partial charge is 0.377 e. The topological polar surface area (TPSA) is 55.2 Å². The summed E-state index contributed by atoms with van der Waals surface area (Å²) in [6.45, 7) is 1.61. The first-order chi connectivity index (χ1) is 9.19. The van der Waals surface area contributed by atoms with Crippen LogP contribution in [0.4, 0.5) is 28.9 Å². The molecular formula is C12H14F4N2O2. The molecule has 0 aliphatic rings. The number of hydrogen-bond acceptors (Lipinski definition) is 3. The number of anilines is 1. The zero-order valence-corrected chi connectivity index (χ0v) is 10.7. The van der Waals surface area contributed by atoms with E-state index in [1.165, 1.54) is 6.07 Å². The van der Waals surface area contributed by atoms with Gasteiger partial charge >= 0.3 is 6.18 Å². The lowest BCUT2D eigenvalue weighted by Gasteiger charge is -2.15. The monoisotopic (exact) mass is 294 g/mol. The Balaban J connectivity index is 2.62. The molecule has 1 unspecified atom stereocenters. The molecule has 0 heterocycles. The summed E-state index contributed by atoms with van der Waals surface area (Å²) in [7, 11) is 0. The summed E-state index contributed by atoms with van der Waals surface area (Å²) in [6.07, 6.45) is -4.98. The number of benzene rings is 1. The average Bonchev–Trinajstić information content (AvgIpc) is 2.29. The third-order valence-corrected chi connectivity index (χ3v) is 2.66. The molecule has 0 bridgehead atoms. The van der Waals surface area contributed by atoms with Gasteiger partial charge in [0, 0.05) is 12.5 Å². The van der Waals surface area contributed by atoms with Crippen molar-refractivity contribution in [2.24, 2.45) is 0 Å². The van der Waals surface area contributed by atoms with E-state index < -0.39 is 29.0 Å². The molecule has 0 saturated carbocycles. The maximum absolute atomic E-state index is 12.9. The van der Waals surface area contributed by atoms with Crippen molar-refractivity contribution in [2.45, 2.75) is 38.4 Å². The highest BCUT2D eigenvalue weighted by Crippen LogP contribution is 2.27. The van der Waals surface area contributed by atoms with E-state index in [-0.39, 0.29) is 24.6 Å². The van der Waals surface area contributed by atoms with Crippen LogP contribution in [0.3, 0.4) is 0 Å². The SMILES string of the molecule is CC(CCCC(F)(F)F)Nc1ccc(F)cc1[N+](=O)[O-]. The minimum atomic E-state index is -4.21. The van der Waals surface area contributed by atoms with Gasteiger partial charge in [-0.1, -0.05) is 0 Å². The van der Waals surface area contributed by atoms with Crippen molar-refractivity contribution in [3.05, 3.63) is 34.1 Å². The van der Waals surface area contributed by atoms with Crippen molar-refractivity contribution < 1.29 is 22.5 Å². The lowest BCUT2D eigenvalue weighted by Crippen LogP contribution is -2.17. The molecule has 0 spiro atoms. The van der Waals surface area contributed by atoms with Crippen LogP contribution in [0.2, 0.25) is 0 Å². The van der Waals surface area contributed by atoms with Gasteiger partial charge < -0.3 is 5.32 Å². The van der Waals surface area contributed by atoms with Crippen molar-refractivity contribution >= 4 is 11.4 Å². The fraction of sp³-hybridized carbons (Fsp3) is 0.500. The molecule has 1 aromatic rings. The second kappa shape index (κ2) is 6.53. The third kappa shape index (κ3) is 5.41. The molecule has 0 aliphatic heterocycles. The van der Waals surface area contributed by atoms with Crippen LogP contribution in [0.15, 0.2) is 18.2 Å². The molecule has 1 atom stereocenters. The van der Waals surface area contributed by atoms with Gasteiger partial charge in [-0.25, -0.2) is 4.39 Å². The van der Waals surface area contributed by atoms with Crippen LogP contribution in [0.25, 0.3) is 0 Å². The van der Waals surface area contributed by atoms with E-state index in [0.29, 0.717) is 0 Å². The molecule has 4 nitrogen and oxygen atoms in total. The molecule has 112 valence electrons. The fourth-order valence-corrected chi connectivity index (χ4v) is 1.72. The number of rotatable bonds is 6. The highest BCUT2D eigenvalue weighted by molar-refractivity contribution is 5.61. The van der Waals surface area contributed by atoms with Gasteiger partial charge in [0.1, 0.15) is 11.5 Å². The van der Waals surface area contributed by atoms with Gasteiger partial charge in [-0.05, 0) is 31.9 Å². The largest absolute Gasteiger partial charge is 0.389 e. The zero-order chi connectivity index (χ0) is 15.3. The number of nitrogens with zero attached hydrogens (tertiary/aromatic N) is 1. The Morgan fingerprint density at radius 1 is 1.40 bits per heavy atom. The second-order valence-electron chi connectivity index (χ2n) is 4.47. The molecule has 1 rings (SSSR count). The normalized spacial score (nSPS) is 13.1. The first-order valence-electron chi connectivity index (χ1n) is 5.96. The Kier molecular flexibility index (Phi) is 5.29. The van der Waals surface area contributed by atoms with Crippen LogP contribution in [0.1, 0.15) is 26.2 Å². The van der Waals surface area contributed by atoms with E-state index in [1.54, 1.807) is 6.92 Å². The molecule has 0 fully saturated rings. The number of halogens is 4. The standard InChI is InChI=1S/C12H14F4N2O2/c1-8(3-2-6-12(14,15)16)17-10-5-4-9(13)7-11(10)18(19)20/h4-5,7-8,17H,2-3,6H2,1H3. The Morgan fingerprint density at radius 2 is 2.05 bits per heavy atom. The minimum absolute atomic E-state index is 0.0767. The summed E-state index contributed by atoms with van der Waals surface area (Å²) in [5.74, 6) is -0.744. The number of nitro groups is 1.